The Morgan fingerprint density at radius 1 is 1.11 bits per heavy atom. The van der Waals surface area contributed by atoms with Gasteiger partial charge in [-0.15, -0.1) is 0 Å². The Bertz CT molecular complexity index is 963. The first kappa shape index (κ1) is 25.0. The number of piperidine rings is 1. The Morgan fingerprint density at radius 2 is 1.91 bits per heavy atom. The lowest BCUT2D eigenvalue weighted by atomic mass is 10.1. The number of carbonyl (C=O) groups is 1. The minimum Gasteiger partial charge on any atom is -0.489 e. The minimum atomic E-state index is -0.885. The van der Waals surface area contributed by atoms with E-state index in [2.05, 4.69) is 25.1 Å². The van der Waals surface area contributed by atoms with Gasteiger partial charge in [0.15, 0.2) is 5.75 Å². The third kappa shape index (κ3) is 7.41. The minimum absolute atomic E-state index is 0.00757. The van der Waals surface area contributed by atoms with Crippen molar-refractivity contribution in [3.05, 3.63) is 36.2 Å². The van der Waals surface area contributed by atoms with Gasteiger partial charge in [-0.1, -0.05) is 0 Å². The van der Waals surface area contributed by atoms with Crippen LogP contribution in [0.2, 0.25) is 0 Å². The van der Waals surface area contributed by atoms with Crippen molar-refractivity contribution < 1.29 is 29.5 Å². The molecule has 0 unspecified atom stereocenters. The molecule has 2 aliphatic rings. The molecule has 0 aliphatic carbocycles. The van der Waals surface area contributed by atoms with Crippen LogP contribution in [0.4, 0.5) is 16.4 Å². The van der Waals surface area contributed by atoms with E-state index < -0.39 is 6.09 Å². The summed E-state index contributed by atoms with van der Waals surface area (Å²) in [6, 6.07) is 6.89. The highest BCUT2D eigenvalue weighted by Crippen LogP contribution is 2.31. The zero-order valence-electron chi connectivity index (χ0n) is 19.8. The second-order valence-corrected chi connectivity index (χ2v) is 8.78. The van der Waals surface area contributed by atoms with Crippen LogP contribution in [0.3, 0.4) is 0 Å². The number of ether oxygens (including phenoxy) is 2. The number of amides is 1. The molecule has 1 aromatic heterocycles. The van der Waals surface area contributed by atoms with Crippen LogP contribution in [0.5, 0.6) is 11.5 Å². The molecule has 2 aliphatic heterocycles. The largest absolute Gasteiger partial charge is 0.489 e. The molecule has 4 rings (SSSR count). The van der Waals surface area contributed by atoms with E-state index in [1.54, 1.807) is 30.5 Å². The third-order valence-electron chi connectivity index (χ3n) is 6.27. The number of rotatable bonds is 11. The second kappa shape index (κ2) is 12.5. The SMILES string of the molecule is O=C(O)N1CCC(OCc2ccnc(Nc3ccc(OO)c(OCCCN4CCCC4)c3)n2)CC1. The number of likely N-dealkylation sites (tertiary alicyclic amines) is 2. The van der Waals surface area contributed by atoms with Crippen LogP contribution in [0.1, 0.15) is 37.8 Å². The fourth-order valence-electron chi connectivity index (χ4n) is 4.33. The first-order chi connectivity index (χ1) is 17.1. The van der Waals surface area contributed by atoms with Gasteiger partial charge < -0.3 is 34.6 Å². The summed E-state index contributed by atoms with van der Waals surface area (Å²) in [4.78, 5) is 28.1. The molecule has 11 nitrogen and oxygen atoms in total. The summed E-state index contributed by atoms with van der Waals surface area (Å²) in [6.45, 7) is 5.09. The van der Waals surface area contributed by atoms with Crippen molar-refractivity contribution in [1.29, 1.82) is 0 Å². The second-order valence-electron chi connectivity index (χ2n) is 8.78. The number of carboxylic acid groups (broad SMARTS) is 1. The van der Waals surface area contributed by atoms with Crippen molar-refractivity contribution in [2.24, 2.45) is 0 Å². The average Bonchev–Trinajstić information content (AvgIpc) is 3.40. The smallest absolute Gasteiger partial charge is 0.407 e. The Morgan fingerprint density at radius 3 is 2.66 bits per heavy atom. The summed E-state index contributed by atoms with van der Waals surface area (Å²) in [5.74, 6) is 1.09. The molecular weight excluding hydrogens is 454 g/mol. The lowest BCUT2D eigenvalue weighted by Gasteiger charge is -2.29. The van der Waals surface area contributed by atoms with E-state index in [1.165, 1.54) is 17.7 Å². The Labute approximate surface area is 204 Å². The Balaban J connectivity index is 1.28. The highest BCUT2D eigenvalue weighted by atomic mass is 17.1. The monoisotopic (exact) mass is 487 g/mol. The van der Waals surface area contributed by atoms with E-state index in [0.717, 1.165) is 31.7 Å². The van der Waals surface area contributed by atoms with Crippen molar-refractivity contribution >= 4 is 17.7 Å². The number of anilines is 2. The molecule has 0 atom stereocenters. The lowest BCUT2D eigenvalue weighted by molar-refractivity contribution is -0.139. The van der Waals surface area contributed by atoms with Gasteiger partial charge >= 0.3 is 6.09 Å². The van der Waals surface area contributed by atoms with Gasteiger partial charge in [-0.2, -0.15) is 0 Å². The van der Waals surface area contributed by atoms with Gasteiger partial charge in [-0.3, -0.25) is 0 Å². The molecule has 0 radical (unpaired) electrons. The molecule has 1 amide bonds. The zero-order valence-corrected chi connectivity index (χ0v) is 19.8. The fraction of sp³-hybridized carbons (Fsp3) is 0.542. The zero-order chi connectivity index (χ0) is 24.5. The quantitative estimate of drug-likeness (QED) is 0.246. The van der Waals surface area contributed by atoms with Crippen molar-refractivity contribution in [3.63, 3.8) is 0 Å². The molecule has 0 saturated carbocycles. The molecule has 2 saturated heterocycles. The van der Waals surface area contributed by atoms with Crippen LogP contribution in [0.25, 0.3) is 0 Å². The maximum atomic E-state index is 11.0. The molecule has 3 heterocycles. The molecule has 0 spiro atoms. The first-order valence-corrected chi connectivity index (χ1v) is 12.1. The summed E-state index contributed by atoms with van der Waals surface area (Å²) in [7, 11) is 0. The van der Waals surface area contributed by atoms with Crippen LogP contribution in [-0.2, 0) is 11.3 Å². The maximum Gasteiger partial charge on any atom is 0.407 e. The Kier molecular flexibility index (Phi) is 8.93. The summed E-state index contributed by atoms with van der Waals surface area (Å²) < 4.78 is 11.8. The molecular formula is C24H33N5O6. The standard InChI is InChI=1S/C24H33N5O6/c30-24(31)29-13-7-20(8-14-29)34-17-19-6-9-25-23(27-19)26-18-4-5-21(35-32)22(16-18)33-15-3-12-28-10-1-2-11-28/h4-6,9,16,20,32H,1-3,7-8,10-15,17H2,(H,30,31)(H,25,26,27). The van der Waals surface area contributed by atoms with Gasteiger partial charge in [0, 0.05) is 37.6 Å². The summed E-state index contributed by atoms with van der Waals surface area (Å²) >= 11 is 0. The molecule has 11 heteroatoms. The number of aromatic nitrogens is 2. The fourth-order valence-corrected chi connectivity index (χ4v) is 4.33. The predicted molar refractivity (Wildman–Crippen MR) is 128 cm³/mol. The van der Waals surface area contributed by atoms with Crippen molar-refractivity contribution in [2.45, 2.75) is 44.8 Å². The van der Waals surface area contributed by atoms with Gasteiger partial charge in [0.05, 0.1) is 25.0 Å². The molecule has 190 valence electrons. The van der Waals surface area contributed by atoms with E-state index in [0.29, 0.717) is 56.5 Å². The first-order valence-electron chi connectivity index (χ1n) is 12.1. The van der Waals surface area contributed by atoms with E-state index in [1.807, 2.05) is 0 Å². The van der Waals surface area contributed by atoms with Crippen LogP contribution < -0.4 is 14.9 Å². The van der Waals surface area contributed by atoms with Crippen LogP contribution >= 0.6 is 0 Å². The highest BCUT2D eigenvalue weighted by molar-refractivity contribution is 5.65. The molecule has 3 N–H and O–H groups in total. The van der Waals surface area contributed by atoms with E-state index in [9.17, 15) is 10.1 Å². The van der Waals surface area contributed by atoms with Crippen molar-refractivity contribution in [3.8, 4) is 11.5 Å². The number of nitrogens with zero attached hydrogens (tertiary/aromatic N) is 4. The van der Waals surface area contributed by atoms with Gasteiger partial charge in [0.1, 0.15) is 0 Å². The molecule has 2 fully saturated rings. The van der Waals surface area contributed by atoms with Gasteiger partial charge in [-0.05, 0) is 63.4 Å². The predicted octanol–water partition coefficient (Wildman–Crippen LogP) is 3.60. The highest BCUT2D eigenvalue weighted by Gasteiger charge is 2.22. The maximum absolute atomic E-state index is 11.0. The third-order valence-corrected chi connectivity index (χ3v) is 6.27. The van der Waals surface area contributed by atoms with Gasteiger partial charge in [0.25, 0.3) is 0 Å². The summed E-state index contributed by atoms with van der Waals surface area (Å²) in [5, 5.41) is 21.4. The number of benzene rings is 1. The number of nitrogens with one attached hydrogen (secondary N) is 1. The molecule has 35 heavy (non-hydrogen) atoms. The summed E-state index contributed by atoms with van der Waals surface area (Å²) in [6.07, 6.45) is 5.53. The van der Waals surface area contributed by atoms with Crippen LogP contribution in [0.15, 0.2) is 30.5 Å². The van der Waals surface area contributed by atoms with Crippen LogP contribution in [0, 0.1) is 0 Å². The molecule has 2 aromatic rings. The lowest BCUT2D eigenvalue weighted by Crippen LogP contribution is -2.40. The topological polar surface area (TPSA) is 130 Å². The number of hydrogen-bond acceptors (Lipinski definition) is 9. The molecule has 1 aromatic carbocycles. The molecule has 0 bridgehead atoms. The van der Waals surface area contributed by atoms with Crippen molar-refractivity contribution in [2.75, 3.05) is 44.6 Å². The van der Waals surface area contributed by atoms with E-state index >= 15 is 0 Å². The van der Waals surface area contributed by atoms with E-state index in [4.69, 9.17) is 14.6 Å². The Hall–Kier alpha value is -3.15. The van der Waals surface area contributed by atoms with Crippen LogP contribution in [-0.4, -0.2) is 81.7 Å². The van der Waals surface area contributed by atoms with Gasteiger partial charge in [0.2, 0.25) is 11.7 Å². The number of hydrogen-bond donors (Lipinski definition) is 3. The van der Waals surface area contributed by atoms with Gasteiger partial charge in [-0.25, -0.2) is 20.0 Å². The normalized spacial score (nSPS) is 16.9. The summed E-state index contributed by atoms with van der Waals surface area (Å²) in [5.41, 5.74) is 1.41. The average molecular weight is 488 g/mol. The van der Waals surface area contributed by atoms with Crippen molar-refractivity contribution in [1.82, 2.24) is 19.8 Å². The van der Waals surface area contributed by atoms with E-state index in [-0.39, 0.29) is 11.9 Å².